The van der Waals surface area contributed by atoms with Gasteiger partial charge in [0.15, 0.2) is 12.6 Å². The molecule has 1 heterocycles. The first kappa shape index (κ1) is 22.6. The predicted octanol–water partition coefficient (Wildman–Crippen LogP) is 2.01. The second-order valence-corrected chi connectivity index (χ2v) is 7.64. The van der Waals surface area contributed by atoms with Gasteiger partial charge in [0.05, 0.1) is 7.05 Å². The lowest BCUT2D eigenvalue weighted by Gasteiger charge is -2.32. The zero-order valence-electron chi connectivity index (χ0n) is 17.3. The molecule has 0 bridgehead atoms. The third kappa shape index (κ3) is 6.21. The number of anilines is 1. The van der Waals surface area contributed by atoms with E-state index in [-0.39, 0.29) is 24.1 Å². The number of nitrogens with one attached hydrogen (secondary N) is 2. The summed E-state index contributed by atoms with van der Waals surface area (Å²) in [5.74, 6) is -0.727. The first-order valence-corrected chi connectivity index (χ1v) is 9.96. The van der Waals surface area contributed by atoms with E-state index < -0.39 is 12.4 Å². The molecule has 0 saturated heterocycles. The highest BCUT2D eigenvalue weighted by Gasteiger charge is 2.31. The molecule has 0 saturated carbocycles. The molecule has 0 aromatic heterocycles. The quantitative estimate of drug-likeness (QED) is 0.729. The number of rotatable bonds is 6. The number of amides is 2. The van der Waals surface area contributed by atoms with Crippen molar-refractivity contribution in [1.82, 2.24) is 4.90 Å². The van der Waals surface area contributed by atoms with Gasteiger partial charge in [-0.15, -0.1) is 13.2 Å². The molecule has 166 valence electrons. The number of nitrogens with zero attached hydrogens (tertiary/aromatic N) is 1. The van der Waals surface area contributed by atoms with Crippen LogP contribution in [0.25, 0.3) is 0 Å². The Bertz CT molecular complexity index is 932. The van der Waals surface area contributed by atoms with Crippen LogP contribution in [-0.2, 0) is 22.6 Å². The molecule has 0 spiro atoms. The summed E-state index contributed by atoms with van der Waals surface area (Å²) < 4.78 is 40.5. The topological polar surface area (TPSA) is 63.1 Å². The Kier molecular flexibility index (Phi) is 6.84. The molecule has 2 unspecified atom stereocenters. The molecular weight excluding hydrogens is 411 g/mol. The lowest BCUT2D eigenvalue weighted by Crippen LogP contribution is -3.15. The summed E-state index contributed by atoms with van der Waals surface area (Å²) in [5, 5.41) is 2.63. The van der Waals surface area contributed by atoms with E-state index in [1.807, 2.05) is 23.1 Å². The number of fused-ring (bicyclic) bond motifs is 1. The second kappa shape index (κ2) is 9.38. The van der Waals surface area contributed by atoms with Gasteiger partial charge in [-0.1, -0.05) is 24.3 Å². The number of ether oxygens (including phenoxy) is 1. The summed E-state index contributed by atoms with van der Waals surface area (Å²) in [4.78, 5) is 27.8. The second-order valence-electron chi connectivity index (χ2n) is 7.64. The Morgan fingerprint density at radius 2 is 1.77 bits per heavy atom. The number of hydrogen-bond acceptors (Lipinski definition) is 3. The summed E-state index contributed by atoms with van der Waals surface area (Å²) in [7, 11) is 1.76. The molecule has 2 N–H and O–H groups in total. The fraction of sp³-hybridized carbons (Fsp3) is 0.364. The van der Waals surface area contributed by atoms with Crippen LogP contribution in [0.3, 0.4) is 0 Å². The van der Waals surface area contributed by atoms with E-state index in [0.717, 1.165) is 29.0 Å². The van der Waals surface area contributed by atoms with Crippen LogP contribution >= 0.6 is 0 Å². The Balaban J connectivity index is 1.51. The highest BCUT2D eigenvalue weighted by Crippen LogP contribution is 2.24. The van der Waals surface area contributed by atoms with Gasteiger partial charge in [0.1, 0.15) is 5.75 Å². The van der Waals surface area contributed by atoms with Gasteiger partial charge in [-0.3, -0.25) is 9.59 Å². The molecule has 1 aliphatic rings. The van der Waals surface area contributed by atoms with Crippen LogP contribution in [0.5, 0.6) is 5.75 Å². The van der Waals surface area contributed by atoms with Gasteiger partial charge in [0.25, 0.3) is 11.8 Å². The van der Waals surface area contributed by atoms with Crippen molar-refractivity contribution >= 4 is 17.5 Å². The molecule has 0 radical (unpaired) electrons. The molecule has 0 fully saturated rings. The van der Waals surface area contributed by atoms with E-state index in [9.17, 15) is 22.8 Å². The van der Waals surface area contributed by atoms with Gasteiger partial charge < -0.3 is 19.9 Å². The summed E-state index contributed by atoms with van der Waals surface area (Å²) in [6, 6.07) is 12.5. The molecule has 1 aliphatic heterocycles. The van der Waals surface area contributed by atoms with Crippen LogP contribution in [-0.4, -0.2) is 49.3 Å². The predicted molar refractivity (Wildman–Crippen MR) is 109 cm³/mol. The largest absolute Gasteiger partial charge is 0.573 e. The number of carbonyl (C=O) groups excluding carboxylic acids is 2. The van der Waals surface area contributed by atoms with Gasteiger partial charge >= 0.3 is 6.36 Å². The Morgan fingerprint density at radius 3 is 2.42 bits per heavy atom. The normalized spacial score (nSPS) is 15.6. The maximum absolute atomic E-state index is 12.9. The first-order chi connectivity index (χ1) is 14.6. The van der Waals surface area contributed by atoms with Gasteiger partial charge in [0, 0.05) is 18.8 Å². The molecule has 31 heavy (non-hydrogen) atoms. The minimum atomic E-state index is -4.77. The van der Waals surface area contributed by atoms with Crippen molar-refractivity contribution in [2.75, 3.05) is 25.5 Å². The number of hydrogen-bond donors (Lipinski definition) is 2. The summed E-state index contributed by atoms with van der Waals surface area (Å²) in [5.41, 5.74) is 2.74. The van der Waals surface area contributed by atoms with Crippen LogP contribution in [0.1, 0.15) is 18.1 Å². The summed E-state index contributed by atoms with van der Waals surface area (Å²) in [6.07, 6.45) is -3.96. The maximum Gasteiger partial charge on any atom is 0.573 e. The maximum atomic E-state index is 12.9. The molecular formula is C22H25F3N3O3+. The molecule has 2 aromatic carbocycles. The van der Waals surface area contributed by atoms with Gasteiger partial charge in [-0.25, -0.2) is 0 Å². The number of halogens is 3. The van der Waals surface area contributed by atoms with Crippen LogP contribution < -0.4 is 15.0 Å². The molecule has 9 heteroatoms. The first-order valence-electron chi connectivity index (χ1n) is 9.96. The molecule has 6 nitrogen and oxygen atoms in total. The highest BCUT2D eigenvalue weighted by molar-refractivity contribution is 5.91. The SMILES string of the molecule is CC(C(=O)N1CCc2ccccc2C1)[NH+](C)CC(=O)Nc1ccc(OC(F)(F)F)cc1. The summed E-state index contributed by atoms with van der Waals surface area (Å²) in [6.45, 7) is 3.03. The fourth-order valence-electron chi connectivity index (χ4n) is 3.52. The van der Waals surface area contributed by atoms with Crippen molar-refractivity contribution in [2.24, 2.45) is 0 Å². The minimum absolute atomic E-state index is 0.0199. The molecule has 2 aromatic rings. The monoisotopic (exact) mass is 436 g/mol. The number of quaternary nitrogens is 1. The number of benzene rings is 2. The van der Waals surface area contributed by atoms with Gasteiger partial charge in [0.2, 0.25) is 0 Å². The van der Waals surface area contributed by atoms with Crippen molar-refractivity contribution in [3.8, 4) is 5.75 Å². The average Bonchev–Trinajstić information content (AvgIpc) is 2.72. The van der Waals surface area contributed by atoms with E-state index in [1.54, 1.807) is 14.0 Å². The zero-order valence-corrected chi connectivity index (χ0v) is 17.3. The van der Waals surface area contributed by atoms with Crippen molar-refractivity contribution in [2.45, 2.75) is 32.3 Å². The van der Waals surface area contributed by atoms with Crippen molar-refractivity contribution in [3.63, 3.8) is 0 Å². The fourth-order valence-corrected chi connectivity index (χ4v) is 3.52. The van der Waals surface area contributed by atoms with Crippen molar-refractivity contribution in [1.29, 1.82) is 0 Å². The zero-order chi connectivity index (χ0) is 22.6. The van der Waals surface area contributed by atoms with E-state index in [1.165, 1.54) is 17.7 Å². The van der Waals surface area contributed by atoms with E-state index in [0.29, 0.717) is 18.8 Å². The number of carbonyl (C=O) groups is 2. The molecule has 2 amide bonds. The van der Waals surface area contributed by atoms with E-state index >= 15 is 0 Å². The Morgan fingerprint density at radius 1 is 1.13 bits per heavy atom. The third-order valence-electron chi connectivity index (χ3n) is 5.36. The molecule has 2 atom stereocenters. The number of likely N-dealkylation sites (N-methyl/N-ethyl adjacent to an activating group) is 1. The highest BCUT2D eigenvalue weighted by atomic mass is 19.4. The van der Waals surface area contributed by atoms with Crippen LogP contribution in [0.2, 0.25) is 0 Å². The van der Waals surface area contributed by atoms with Crippen LogP contribution in [0.4, 0.5) is 18.9 Å². The van der Waals surface area contributed by atoms with Gasteiger partial charge in [-0.05, 0) is 48.7 Å². The van der Waals surface area contributed by atoms with E-state index in [4.69, 9.17) is 0 Å². The number of alkyl halides is 3. The van der Waals surface area contributed by atoms with Crippen molar-refractivity contribution < 1.29 is 32.4 Å². The standard InChI is InChI=1S/C22H24F3N3O3/c1-15(21(30)28-12-11-16-5-3-4-6-17(16)13-28)27(2)14-20(29)26-18-7-9-19(10-8-18)31-22(23,24)25/h3-10,15H,11-14H2,1-2H3,(H,26,29)/p+1. The molecule has 3 rings (SSSR count). The van der Waals surface area contributed by atoms with Crippen molar-refractivity contribution in [3.05, 3.63) is 59.7 Å². The minimum Gasteiger partial charge on any atom is -0.406 e. The third-order valence-corrected chi connectivity index (χ3v) is 5.36. The molecule has 0 aliphatic carbocycles. The van der Waals surface area contributed by atoms with Crippen LogP contribution in [0, 0.1) is 0 Å². The Hall–Kier alpha value is -3.07. The smallest absolute Gasteiger partial charge is 0.406 e. The summed E-state index contributed by atoms with van der Waals surface area (Å²) >= 11 is 0. The lowest BCUT2D eigenvalue weighted by molar-refractivity contribution is -0.886. The average molecular weight is 436 g/mol. The van der Waals surface area contributed by atoms with Gasteiger partial charge in [-0.2, -0.15) is 0 Å². The lowest BCUT2D eigenvalue weighted by atomic mass is 9.99. The van der Waals surface area contributed by atoms with E-state index in [2.05, 4.69) is 16.1 Å². The van der Waals surface area contributed by atoms with Crippen LogP contribution in [0.15, 0.2) is 48.5 Å². The Labute approximate surface area is 178 Å².